The van der Waals surface area contributed by atoms with Gasteiger partial charge < -0.3 is 5.32 Å². The molecule has 1 heterocycles. The van der Waals surface area contributed by atoms with Crippen molar-refractivity contribution in [1.82, 2.24) is 5.32 Å². The van der Waals surface area contributed by atoms with E-state index in [1.165, 1.54) is 0 Å². The fraction of sp³-hybridized carbons (Fsp3) is 0.167. The largest absolute Gasteiger partial charge is 0.360 e. The van der Waals surface area contributed by atoms with Gasteiger partial charge in [-0.15, -0.1) is 28.7 Å². The van der Waals surface area contributed by atoms with Crippen LogP contribution in [-0.4, -0.2) is 23.2 Å². The zero-order valence-corrected chi connectivity index (χ0v) is 12.9. The van der Waals surface area contributed by atoms with E-state index in [0.717, 1.165) is 27.2 Å². The highest BCUT2D eigenvalue weighted by atomic mass is 79.9. The van der Waals surface area contributed by atoms with Crippen LogP contribution in [0.5, 0.6) is 0 Å². The minimum absolute atomic E-state index is 0. The molecule has 96 valence electrons. The van der Waals surface area contributed by atoms with E-state index in [1.807, 2.05) is 24.3 Å². The van der Waals surface area contributed by atoms with E-state index in [4.69, 9.17) is 11.6 Å². The van der Waals surface area contributed by atoms with Crippen LogP contribution < -0.4 is 5.32 Å². The molecule has 1 aliphatic rings. The van der Waals surface area contributed by atoms with Gasteiger partial charge in [-0.25, -0.2) is 0 Å². The third-order valence-corrected chi connectivity index (χ3v) is 3.35. The Kier molecular flexibility index (Phi) is 6.46. The fourth-order valence-electron chi connectivity index (χ4n) is 1.33. The highest BCUT2D eigenvalue weighted by Gasteiger charge is 2.11. The molecule has 0 spiro atoms. The molecule has 0 amide bonds. The van der Waals surface area contributed by atoms with Crippen LogP contribution in [0.4, 0.5) is 0 Å². The molecule has 1 N–H and O–H groups in total. The lowest BCUT2D eigenvalue weighted by atomic mass is 10.1. The molecule has 0 radical (unpaired) electrons. The van der Waals surface area contributed by atoms with Gasteiger partial charge in [0.2, 0.25) is 0 Å². The number of halogens is 2. The van der Waals surface area contributed by atoms with Crippen LogP contribution in [-0.2, 0) is 0 Å². The molecule has 1 aromatic rings. The Labute approximate surface area is 126 Å². The predicted octanol–water partition coefficient (Wildman–Crippen LogP) is 3.50. The minimum atomic E-state index is 0. The Bertz CT molecular complexity index is 471. The van der Waals surface area contributed by atoms with E-state index in [9.17, 15) is 0 Å². The molecule has 2 rings (SSSR count). The summed E-state index contributed by atoms with van der Waals surface area (Å²) in [5.41, 5.74) is 2.03. The van der Waals surface area contributed by atoms with E-state index in [1.54, 1.807) is 17.8 Å². The fourth-order valence-corrected chi connectivity index (χ4v) is 2.24. The smallest absolute Gasteiger partial charge is 0.183 e. The summed E-state index contributed by atoms with van der Waals surface area (Å²) < 4.78 is 0. The zero-order chi connectivity index (χ0) is 12.1. The molecule has 0 unspecified atom stereocenters. The highest BCUT2D eigenvalue weighted by molar-refractivity contribution is 8.93. The van der Waals surface area contributed by atoms with Crippen molar-refractivity contribution >= 4 is 51.2 Å². The second kappa shape index (κ2) is 7.61. The first-order valence-corrected chi connectivity index (χ1v) is 6.54. The molecule has 6 heteroatoms. The summed E-state index contributed by atoms with van der Waals surface area (Å²) in [7, 11) is 0. The molecule has 0 atom stereocenters. The van der Waals surface area contributed by atoms with Crippen LogP contribution in [0.15, 0.2) is 47.1 Å². The van der Waals surface area contributed by atoms with E-state index in [-0.39, 0.29) is 17.0 Å². The quantitative estimate of drug-likeness (QED) is 0.850. The summed E-state index contributed by atoms with van der Waals surface area (Å²) in [6, 6.07) is 7.64. The Morgan fingerprint density at radius 2 is 2.06 bits per heavy atom. The van der Waals surface area contributed by atoms with Gasteiger partial charge in [0, 0.05) is 17.3 Å². The number of rotatable bonds is 3. The molecule has 18 heavy (non-hydrogen) atoms. The van der Waals surface area contributed by atoms with Crippen molar-refractivity contribution in [3.8, 4) is 0 Å². The number of hydrogen-bond donors (Lipinski definition) is 1. The van der Waals surface area contributed by atoms with Gasteiger partial charge in [0.1, 0.15) is 0 Å². The van der Waals surface area contributed by atoms with Crippen molar-refractivity contribution in [3.63, 3.8) is 0 Å². The summed E-state index contributed by atoms with van der Waals surface area (Å²) in [5.74, 6) is 0.810. The molecule has 1 aromatic carbocycles. The minimum Gasteiger partial charge on any atom is -0.360 e. The number of thioether (sulfide) groups is 1. The van der Waals surface area contributed by atoms with Gasteiger partial charge in [0.15, 0.2) is 5.17 Å². The van der Waals surface area contributed by atoms with E-state index < -0.39 is 0 Å². The maximum Gasteiger partial charge on any atom is 0.183 e. The summed E-state index contributed by atoms with van der Waals surface area (Å²) in [6.45, 7) is 4.35. The topological polar surface area (TPSA) is 36.8 Å². The van der Waals surface area contributed by atoms with Crippen LogP contribution in [0, 0.1) is 0 Å². The van der Waals surface area contributed by atoms with Gasteiger partial charge in [0.05, 0.1) is 5.71 Å². The lowest BCUT2D eigenvalue weighted by Gasteiger charge is -2.12. The van der Waals surface area contributed by atoms with E-state index in [2.05, 4.69) is 22.1 Å². The van der Waals surface area contributed by atoms with Gasteiger partial charge in [-0.1, -0.05) is 41.6 Å². The lowest BCUT2D eigenvalue weighted by Crippen LogP contribution is -2.24. The van der Waals surface area contributed by atoms with Gasteiger partial charge in [0.25, 0.3) is 0 Å². The third-order valence-electron chi connectivity index (χ3n) is 2.18. The van der Waals surface area contributed by atoms with E-state index in [0.29, 0.717) is 6.54 Å². The predicted molar refractivity (Wildman–Crippen MR) is 86.4 cm³/mol. The first-order chi connectivity index (χ1) is 8.29. The van der Waals surface area contributed by atoms with Crippen LogP contribution in [0.2, 0.25) is 5.02 Å². The second-order valence-electron chi connectivity index (χ2n) is 3.42. The molecule has 0 fully saturated rings. The molecular weight excluding hydrogens is 334 g/mol. The Morgan fingerprint density at radius 3 is 2.61 bits per heavy atom. The normalized spacial score (nSPS) is 14.1. The average Bonchev–Trinajstić information content (AvgIpc) is 2.38. The van der Waals surface area contributed by atoms with Gasteiger partial charge >= 0.3 is 0 Å². The third kappa shape index (κ3) is 4.15. The van der Waals surface area contributed by atoms with Crippen molar-refractivity contribution < 1.29 is 0 Å². The van der Waals surface area contributed by atoms with Crippen LogP contribution in [0.3, 0.4) is 0 Å². The molecule has 0 aliphatic carbocycles. The average molecular weight is 347 g/mol. The molecular formula is C12H13BrClN3S. The van der Waals surface area contributed by atoms with Gasteiger partial charge in [-0.05, 0) is 17.7 Å². The van der Waals surface area contributed by atoms with Crippen molar-refractivity contribution in [2.75, 3.05) is 12.3 Å². The van der Waals surface area contributed by atoms with Crippen molar-refractivity contribution in [3.05, 3.63) is 47.5 Å². The second-order valence-corrected chi connectivity index (χ2v) is 4.82. The van der Waals surface area contributed by atoms with Crippen LogP contribution >= 0.6 is 40.3 Å². The summed E-state index contributed by atoms with van der Waals surface area (Å²) in [4.78, 5) is 0. The maximum atomic E-state index is 5.84. The monoisotopic (exact) mass is 345 g/mol. The molecule has 0 saturated heterocycles. The lowest BCUT2D eigenvalue weighted by molar-refractivity contribution is 1.04. The first kappa shape index (κ1) is 15.3. The summed E-state index contributed by atoms with van der Waals surface area (Å²) in [6.07, 6.45) is 1.79. The van der Waals surface area contributed by atoms with Crippen LogP contribution in [0.1, 0.15) is 5.56 Å². The van der Waals surface area contributed by atoms with Crippen molar-refractivity contribution in [1.29, 1.82) is 0 Å². The summed E-state index contributed by atoms with van der Waals surface area (Å²) >= 11 is 7.48. The Morgan fingerprint density at radius 1 is 1.33 bits per heavy atom. The molecule has 3 nitrogen and oxygen atoms in total. The van der Waals surface area contributed by atoms with Crippen LogP contribution in [0.25, 0.3) is 0 Å². The molecule has 1 aliphatic heterocycles. The SMILES string of the molecule is Br.C=CCNC1=NN=C(c2ccc(Cl)cc2)CS1. The van der Waals surface area contributed by atoms with Gasteiger partial charge in [-0.2, -0.15) is 5.10 Å². The number of amidine groups is 1. The molecule has 0 bridgehead atoms. The summed E-state index contributed by atoms with van der Waals surface area (Å²) in [5, 5.41) is 13.0. The highest BCUT2D eigenvalue weighted by Crippen LogP contribution is 2.16. The van der Waals surface area contributed by atoms with Crippen molar-refractivity contribution in [2.24, 2.45) is 10.2 Å². The first-order valence-electron chi connectivity index (χ1n) is 5.17. The molecule has 0 aromatic heterocycles. The maximum absolute atomic E-state index is 5.84. The zero-order valence-electron chi connectivity index (χ0n) is 9.60. The number of nitrogens with one attached hydrogen (secondary N) is 1. The number of nitrogens with zero attached hydrogens (tertiary/aromatic N) is 2. The molecule has 0 saturated carbocycles. The number of hydrogen-bond acceptors (Lipinski definition) is 4. The van der Waals surface area contributed by atoms with E-state index >= 15 is 0 Å². The standard InChI is InChI=1S/C12H12ClN3S.BrH/c1-2-7-14-12-16-15-11(8-17-12)9-3-5-10(13)6-4-9;/h2-6H,1,7-8H2,(H,14,16);1H. The Hall–Kier alpha value is -0.780. The van der Waals surface area contributed by atoms with Crippen molar-refractivity contribution in [2.45, 2.75) is 0 Å². The number of benzene rings is 1. The van der Waals surface area contributed by atoms with Gasteiger partial charge in [-0.3, -0.25) is 0 Å². The Balaban J connectivity index is 0.00000162.